The lowest BCUT2D eigenvalue weighted by atomic mass is 9.96. The second kappa shape index (κ2) is 6.98. The number of hydrogen-bond acceptors (Lipinski definition) is 4. The third-order valence-electron chi connectivity index (χ3n) is 5.31. The van der Waals surface area contributed by atoms with Crippen molar-refractivity contribution in [2.24, 2.45) is 0 Å². The number of nitrogens with zero attached hydrogens (tertiary/aromatic N) is 6. The smallest absolute Gasteiger partial charge is 0.165 e. The van der Waals surface area contributed by atoms with Crippen LogP contribution in [0.4, 0.5) is 0 Å². The van der Waals surface area contributed by atoms with Gasteiger partial charge in [-0.3, -0.25) is 4.98 Å². The van der Waals surface area contributed by atoms with E-state index in [1.54, 1.807) is 16.9 Å². The zero-order valence-corrected chi connectivity index (χ0v) is 16.3. The van der Waals surface area contributed by atoms with E-state index >= 15 is 0 Å². The Morgan fingerprint density at radius 2 is 1.76 bits per heavy atom. The predicted molar refractivity (Wildman–Crippen MR) is 112 cm³/mol. The van der Waals surface area contributed by atoms with Crippen LogP contribution < -0.4 is 0 Å². The van der Waals surface area contributed by atoms with E-state index in [9.17, 15) is 0 Å². The normalized spacial score (nSPS) is 12.3. The predicted octanol–water partition coefficient (Wildman–Crippen LogP) is 4.24. The number of aromatic nitrogens is 6. The van der Waals surface area contributed by atoms with Gasteiger partial charge in [-0.2, -0.15) is 5.10 Å². The molecule has 0 aliphatic rings. The molecule has 5 aromatic rings. The molecular formula is C23H20N6. The van der Waals surface area contributed by atoms with Gasteiger partial charge in [0.2, 0.25) is 0 Å². The van der Waals surface area contributed by atoms with Gasteiger partial charge < -0.3 is 4.57 Å². The number of imidazole rings is 1. The number of rotatable bonds is 4. The van der Waals surface area contributed by atoms with Gasteiger partial charge in [-0.15, -0.1) is 0 Å². The summed E-state index contributed by atoms with van der Waals surface area (Å²) in [6.45, 7) is 4.27. The Kier molecular flexibility index (Phi) is 4.17. The molecule has 1 unspecified atom stereocenters. The van der Waals surface area contributed by atoms with Gasteiger partial charge in [-0.1, -0.05) is 24.3 Å². The van der Waals surface area contributed by atoms with E-state index in [0.717, 1.165) is 22.6 Å². The zero-order chi connectivity index (χ0) is 19.8. The SMILES string of the molecule is Cc1ccc(C(c2cccnc2)n2ccnc2-c2cnn3cccnc23)cc1C. The summed E-state index contributed by atoms with van der Waals surface area (Å²) < 4.78 is 3.94. The van der Waals surface area contributed by atoms with Crippen molar-refractivity contribution >= 4 is 5.65 Å². The molecule has 0 aliphatic heterocycles. The lowest BCUT2D eigenvalue weighted by Gasteiger charge is -2.22. The standard InChI is InChI=1S/C23H20N6/c1-16-6-7-18(13-17(16)2)21(19-5-3-8-24-14-19)28-12-10-26-22(28)20-15-27-29-11-4-9-25-23(20)29/h3-15,21H,1-2H3. The fraction of sp³-hybridized carbons (Fsp3) is 0.130. The van der Waals surface area contributed by atoms with Crippen LogP contribution in [0.2, 0.25) is 0 Å². The van der Waals surface area contributed by atoms with E-state index in [1.165, 1.54) is 16.7 Å². The Morgan fingerprint density at radius 1 is 0.828 bits per heavy atom. The number of pyridine rings is 1. The summed E-state index contributed by atoms with van der Waals surface area (Å²) in [5.41, 5.74) is 6.49. The van der Waals surface area contributed by atoms with Crippen LogP contribution in [0.5, 0.6) is 0 Å². The molecular weight excluding hydrogens is 360 g/mol. The molecule has 1 aromatic carbocycles. The van der Waals surface area contributed by atoms with Crippen LogP contribution in [0.1, 0.15) is 28.3 Å². The van der Waals surface area contributed by atoms with Gasteiger partial charge in [0.25, 0.3) is 0 Å². The highest BCUT2D eigenvalue weighted by Gasteiger charge is 2.22. The number of aryl methyl sites for hydroxylation is 2. The topological polar surface area (TPSA) is 60.9 Å². The highest BCUT2D eigenvalue weighted by atomic mass is 15.2. The maximum Gasteiger partial charge on any atom is 0.165 e. The third kappa shape index (κ3) is 2.99. The van der Waals surface area contributed by atoms with Gasteiger partial charge in [-0.05, 0) is 48.2 Å². The van der Waals surface area contributed by atoms with E-state index in [4.69, 9.17) is 0 Å². The molecule has 0 aliphatic carbocycles. The van der Waals surface area contributed by atoms with E-state index in [1.807, 2.05) is 43.1 Å². The van der Waals surface area contributed by atoms with Gasteiger partial charge in [0.05, 0.1) is 17.8 Å². The molecule has 0 bridgehead atoms. The zero-order valence-electron chi connectivity index (χ0n) is 16.3. The molecule has 29 heavy (non-hydrogen) atoms. The molecule has 6 nitrogen and oxygen atoms in total. The maximum absolute atomic E-state index is 4.67. The van der Waals surface area contributed by atoms with Crippen LogP contribution in [-0.2, 0) is 0 Å². The fourth-order valence-electron chi connectivity index (χ4n) is 3.70. The van der Waals surface area contributed by atoms with E-state index in [2.05, 4.69) is 62.7 Å². The second-order valence-electron chi connectivity index (χ2n) is 7.14. The molecule has 0 radical (unpaired) electrons. The molecule has 0 saturated carbocycles. The third-order valence-corrected chi connectivity index (χ3v) is 5.31. The average molecular weight is 380 g/mol. The summed E-state index contributed by atoms with van der Waals surface area (Å²) in [6, 6.07) is 12.5. The second-order valence-corrected chi connectivity index (χ2v) is 7.14. The summed E-state index contributed by atoms with van der Waals surface area (Å²) in [5.74, 6) is 0.825. The molecule has 4 aromatic heterocycles. The molecule has 4 heterocycles. The van der Waals surface area contributed by atoms with Gasteiger partial charge in [0, 0.05) is 37.2 Å². The largest absolute Gasteiger partial charge is 0.319 e. The first-order valence-electron chi connectivity index (χ1n) is 9.51. The Balaban J connectivity index is 1.72. The van der Waals surface area contributed by atoms with Gasteiger partial charge in [0.1, 0.15) is 5.82 Å². The number of hydrogen-bond donors (Lipinski definition) is 0. The van der Waals surface area contributed by atoms with Crippen LogP contribution >= 0.6 is 0 Å². The van der Waals surface area contributed by atoms with Crippen molar-refractivity contribution in [3.8, 4) is 11.4 Å². The summed E-state index contributed by atoms with van der Waals surface area (Å²) in [5, 5.41) is 4.43. The summed E-state index contributed by atoms with van der Waals surface area (Å²) in [6.07, 6.45) is 13.0. The van der Waals surface area contributed by atoms with Gasteiger partial charge in [0.15, 0.2) is 5.65 Å². The first-order valence-corrected chi connectivity index (χ1v) is 9.51. The minimum atomic E-state index is -0.0563. The van der Waals surface area contributed by atoms with Crippen molar-refractivity contribution in [3.63, 3.8) is 0 Å². The lowest BCUT2D eigenvalue weighted by Crippen LogP contribution is -2.13. The molecule has 1 atom stereocenters. The van der Waals surface area contributed by atoms with Crippen LogP contribution in [0.25, 0.3) is 17.0 Å². The van der Waals surface area contributed by atoms with Crippen LogP contribution in [-0.4, -0.2) is 29.1 Å². The molecule has 142 valence electrons. The summed E-state index contributed by atoms with van der Waals surface area (Å²) in [7, 11) is 0. The van der Waals surface area contributed by atoms with E-state index in [0.29, 0.717) is 0 Å². The Labute approximate surface area is 168 Å². The monoisotopic (exact) mass is 380 g/mol. The quantitative estimate of drug-likeness (QED) is 0.468. The fourth-order valence-corrected chi connectivity index (χ4v) is 3.70. The molecule has 0 fully saturated rings. The summed E-state index contributed by atoms with van der Waals surface area (Å²) >= 11 is 0. The van der Waals surface area contributed by atoms with E-state index < -0.39 is 0 Å². The molecule has 5 rings (SSSR count). The Morgan fingerprint density at radius 3 is 2.59 bits per heavy atom. The first-order chi connectivity index (χ1) is 14.2. The highest BCUT2D eigenvalue weighted by Crippen LogP contribution is 2.32. The van der Waals surface area contributed by atoms with Crippen molar-refractivity contribution < 1.29 is 0 Å². The van der Waals surface area contributed by atoms with Gasteiger partial charge >= 0.3 is 0 Å². The molecule has 0 saturated heterocycles. The summed E-state index contributed by atoms with van der Waals surface area (Å²) in [4.78, 5) is 13.5. The highest BCUT2D eigenvalue weighted by molar-refractivity contribution is 5.72. The minimum Gasteiger partial charge on any atom is -0.319 e. The van der Waals surface area contributed by atoms with Gasteiger partial charge in [-0.25, -0.2) is 14.5 Å². The van der Waals surface area contributed by atoms with Crippen molar-refractivity contribution in [1.82, 2.24) is 29.1 Å². The van der Waals surface area contributed by atoms with Crippen LogP contribution in [0, 0.1) is 13.8 Å². The molecule has 6 heteroatoms. The average Bonchev–Trinajstić information content (AvgIpc) is 3.38. The van der Waals surface area contributed by atoms with Crippen molar-refractivity contribution in [2.45, 2.75) is 19.9 Å². The lowest BCUT2D eigenvalue weighted by molar-refractivity contribution is 0.681. The van der Waals surface area contributed by atoms with Crippen molar-refractivity contribution in [1.29, 1.82) is 0 Å². The number of benzene rings is 1. The minimum absolute atomic E-state index is 0.0563. The van der Waals surface area contributed by atoms with E-state index in [-0.39, 0.29) is 6.04 Å². The first kappa shape index (κ1) is 17.3. The van der Waals surface area contributed by atoms with Crippen molar-refractivity contribution in [2.75, 3.05) is 0 Å². The Hall–Kier alpha value is -3.80. The molecule has 0 spiro atoms. The molecule has 0 N–H and O–H groups in total. The maximum atomic E-state index is 4.67. The Bertz CT molecular complexity index is 1290. The number of fused-ring (bicyclic) bond motifs is 1. The van der Waals surface area contributed by atoms with Crippen molar-refractivity contribution in [3.05, 3.63) is 102 Å². The van der Waals surface area contributed by atoms with Crippen LogP contribution in [0.15, 0.2) is 79.8 Å². The molecule has 0 amide bonds. The van der Waals surface area contributed by atoms with Crippen LogP contribution in [0.3, 0.4) is 0 Å².